The van der Waals surface area contributed by atoms with E-state index in [0.717, 1.165) is 0 Å². The third-order valence-electron chi connectivity index (χ3n) is 1.33. The number of aliphatic hydroxyl groups excluding tert-OH is 4. The molecule has 12 heavy (non-hydrogen) atoms. The van der Waals surface area contributed by atoms with Gasteiger partial charge in [0.2, 0.25) is 0 Å². The maximum atomic E-state index is 10.0. The van der Waals surface area contributed by atoms with Crippen LogP contribution in [-0.2, 0) is 4.79 Å². The van der Waals surface area contributed by atoms with Gasteiger partial charge in [0.25, 0.3) is 0 Å². The van der Waals surface area contributed by atoms with Gasteiger partial charge >= 0.3 is 0 Å². The molecule has 5 N–H and O–H groups in total. The molecule has 0 unspecified atom stereocenters. The van der Waals surface area contributed by atoms with Crippen molar-refractivity contribution in [2.24, 2.45) is 0 Å². The summed E-state index contributed by atoms with van der Waals surface area (Å²) >= 11 is 0. The monoisotopic (exact) mass is 182 g/mol. The zero-order valence-corrected chi connectivity index (χ0v) is 6.16. The van der Waals surface area contributed by atoms with Gasteiger partial charge in [-0.05, 0) is 0 Å². The Morgan fingerprint density at radius 2 is 1.75 bits per heavy atom. The van der Waals surface area contributed by atoms with Crippen molar-refractivity contribution in [3.8, 4) is 0 Å². The number of aldehydes is 1. The molecule has 0 aliphatic carbocycles. The summed E-state index contributed by atoms with van der Waals surface area (Å²) < 4.78 is 6.76. The smallest absolute Gasteiger partial charge is 0.151 e. The molecule has 0 aromatic carbocycles. The highest BCUT2D eigenvalue weighted by molar-refractivity contribution is 5.56. The standard InChI is InChI=1S/C6H12O6/c7-1-3(9)5(11)6(12)4(10)2-8/h1,3-6,8-12H,2H2/t3-,4+,5+,6+/m0/s1/i1+1,3D. The summed E-state index contributed by atoms with van der Waals surface area (Å²) in [7, 11) is 0. The maximum Gasteiger partial charge on any atom is 0.151 e. The van der Waals surface area contributed by atoms with Crippen LogP contribution < -0.4 is 0 Å². The summed E-state index contributed by atoms with van der Waals surface area (Å²) in [4.78, 5) is 10.0. The molecule has 0 radical (unpaired) electrons. The highest BCUT2D eigenvalue weighted by atomic mass is 16.4. The van der Waals surface area contributed by atoms with Gasteiger partial charge in [0.15, 0.2) is 6.29 Å². The normalized spacial score (nSPS) is 24.9. The number of hydrogen-bond acceptors (Lipinski definition) is 6. The quantitative estimate of drug-likeness (QED) is 0.223. The molecule has 0 rings (SSSR count). The average molecular weight is 182 g/mol. The Labute approximate surface area is 70.1 Å². The number of aliphatic hydroxyl groups is 5. The first-order valence-corrected chi connectivity index (χ1v) is 3.20. The van der Waals surface area contributed by atoms with Gasteiger partial charge in [-0.2, -0.15) is 0 Å². The van der Waals surface area contributed by atoms with Crippen LogP contribution in [0.4, 0.5) is 0 Å². The molecule has 0 heterocycles. The Hall–Kier alpha value is -0.530. The van der Waals surface area contributed by atoms with Gasteiger partial charge in [0.1, 0.15) is 24.4 Å². The van der Waals surface area contributed by atoms with Gasteiger partial charge in [0, 0.05) is 0 Å². The summed E-state index contributed by atoms with van der Waals surface area (Å²) in [6, 6.07) is 0. The Kier molecular flexibility index (Phi) is 4.12. The van der Waals surface area contributed by atoms with E-state index in [9.17, 15) is 4.79 Å². The first kappa shape index (κ1) is 9.56. The molecule has 0 aliphatic heterocycles. The third-order valence-corrected chi connectivity index (χ3v) is 1.33. The molecule has 0 aliphatic rings. The van der Waals surface area contributed by atoms with Crippen molar-refractivity contribution >= 4 is 6.29 Å². The highest BCUT2D eigenvalue weighted by Crippen LogP contribution is 2.02. The van der Waals surface area contributed by atoms with Crippen LogP contribution in [0, 0.1) is 0 Å². The molecule has 6 heteroatoms. The number of hydrogen-bond donors (Lipinski definition) is 5. The van der Waals surface area contributed by atoms with Crippen molar-refractivity contribution in [3.63, 3.8) is 0 Å². The minimum atomic E-state index is -2.89. The van der Waals surface area contributed by atoms with Gasteiger partial charge in [-0.3, -0.25) is 0 Å². The van der Waals surface area contributed by atoms with E-state index in [2.05, 4.69) is 0 Å². The fourth-order valence-corrected chi connectivity index (χ4v) is 0.563. The number of carbonyl (C=O) groups excluding carboxylic acids is 1. The van der Waals surface area contributed by atoms with Gasteiger partial charge in [-0.15, -0.1) is 0 Å². The summed E-state index contributed by atoms with van der Waals surface area (Å²) in [6.07, 6.45) is -9.03. The van der Waals surface area contributed by atoms with Crippen molar-refractivity contribution < 1.29 is 31.7 Å². The first-order valence-electron chi connectivity index (χ1n) is 3.70. The second-order valence-electron chi connectivity index (χ2n) is 2.23. The van der Waals surface area contributed by atoms with E-state index in [1.54, 1.807) is 0 Å². The van der Waals surface area contributed by atoms with Gasteiger partial charge in [-0.1, -0.05) is 0 Å². The first-order chi connectivity index (χ1) is 5.86. The summed E-state index contributed by atoms with van der Waals surface area (Å²) in [5, 5.41) is 43.8. The lowest BCUT2D eigenvalue weighted by molar-refractivity contribution is -0.136. The second kappa shape index (κ2) is 5.18. The summed E-state index contributed by atoms with van der Waals surface area (Å²) in [5.74, 6) is 0. The van der Waals surface area contributed by atoms with E-state index in [1.165, 1.54) is 0 Å². The molecular formula is C6H12O6. The Balaban J connectivity index is 4.40. The lowest BCUT2D eigenvalue weighted by Crippen LogP contribution is -2.46. The molecule has 0 amide bonds. The molecule has 0 aromatic heterocycles. The van der Waals surface area contributed by atoms with Crippen LogP contribution in [0.5, 0.6) is 0 Å². The maximum absolute atomic E-state index is 10.0. The van der Waals surface area contributed by atoms with Crippen LogP contribution in [0.1, 0.15) is 1.37 Å². The van der Waals surface area contributed by atoms with Crippen molar-refractivity contribution in [3.05, 3.63) is 0 Å². The molecule has 0 fully saturated rings. The van der Waals surface area contributed by atoms with E-state index in [1.807, 2.05) is 0 Å². The fraction of sp³-hybridized carbons (Fsp3) is 0.833. The van der Waals surface area contributed by atoms with E-state index in [-0.39, 0.29) is 6.29 Å². The minimum Gasteiger partial charge on any atom is -0.394 e. The zero-order chi connectivity index (χ0) is 10.6. The van der Waals surface area contributed by atoms with Crippen LogP contribution >= 0.6 is 0 Å². The minimum absolute atomic E-state index is 0.287. The van der Waals surface area contributed by atoms with E-state index < -0.39 is 31.0 Å². The third kappa shape index (κ3) is 2.84. The zero-order valence-electron chi connectivity index (χ0n) is 7.16. The Morgan fingerprint density at radius 1 is 1.25 bits per heavy atom. The van der Waals surface area contributed by atoms with Gasteiger partial charge < -0.3 is 30.3 Å². The molecule has 0 saturated heterocycles. The van der Waals surface area contributed by atoms with Crippen molar-refractivity contribution in [1.82, 2.24) is 0 Å². The number of carbonyl (C=O) groups is 1. The largest absolute Gasteiger partial charge is 0.394 e. The van der Waals surface area contributed by atoms with Crippen LogP contribution in [0.25, 0.3) is 0 Å². The van der Waals surface area contributed by atoms with Crippen LogP contribution in [-0.4, -0.2) is 62.8 Å². The SMILES string of the molecule is [2H][C@](O)([13CH]=O)[C@@H](O)[C@H](O)[C@H](O)CO. The second-order valence-corrected chi connectivity index (χ2v) is 2.23. The van der Waals surface area contributed by atoms with Crippen LogP contribution in [0.3, 0.4) is 0 Å². The molecule has 0 aromatic rings. The number of rotatable bonds is 5. The van der Waals surface area contributed by atoms with E-state index >= 15 is 0 Å². The molecule has 72 valence electrons. The molecule has 0 saturated carbocycles. The summed E-state index contributed by atoms with van der Waals surface area (Å²) in [5.41, 5.74) is 0. The Bertz CT molecular complexity index is 173. The van der Waals surface area contributed by atoms with Crippen LogP contribution in [0.2, 0.25) is 0 Å². The predicted molar refractivity (Wildman–Crippen MR) is 37.2 cm³/mol. The lowest BCUT2D eigenvalue weighted by Gasteiger charge is -2.22. The molecule has 6 nitrogen and oxygen atoms in total. The lowest BCUT2D eigenvalue weighted by atomic mass is 10.1. The molecule has 0 spiro atoms. The van der Waals surface area contributed by atoms with Crippen molar-refractivity contribution in [1.29, 1.82) is 0 Å². The van der Waals surface area contributed by atoms with E-state index in [4.69, 9.17) is 26.9 Å². The highest BCUT2D eigenvalue weighted by Gasteiger charge is 2.29. The molecule has 0 bridgehead atoms. The van der Waals surface area contributed by atoms with E-state index in [0.29, 0.717) is 0 Å². The van der Waals surface area contributed by atoms with Gasteiger partial charge in [-0.25, -0.2) is 0 Å². The Morgan fingerprint density at radius 3 is 2.08 bits per heavy atom. The predicted octanol–water partition coefficient (Wildman–Crippen LogP) is -3.38. The topological polar surface area (TPSA) is 118 Å². The van der Waals surface area contributed by atoms with Crippen molar-refractivity contribution in [2.75, 3.05) is 6.61 Å². The average Bonchev–Trinajstić information content (AvgIpc) is 2.14. The fourth-order valence-electron chi connectivity index (χ4n) is 0.563. The molecule has 4 atom stereocenters. The van der Waals surface area contributed by atoms with Crippen molar-refractivity contribution in [2.45, 2.75) is 24.4 Å². The molecular weight excluding hydrogens is 169 g/mol. The summed E-state index contributed by atoms with van der Waals surface area (Å²) in [6.45, 7) is -0.854. The van der Waals surface area contributed by atoms with Crippen LogP contribution in [0.15, 0.2) is 0 Å². The van der Waals surface area contributed by atoms with Gasteiger partial charge in [0.05, 0.1) is 7.98 Å².